The Bertz CT molecular complexity index is 962. The minimum absolute atomic E-state index is 0.0541. The van der Waals surface area contributed by atoms with Crippen LogP contribution in [0.25, 0.3) is 5.69 Å². The highest BCUT2D eigenvalue weighted by Gasteiger charge is 2.32. The lowest BCUT2D eigenvalue weighted by molar-refractivity contribution is -0.140. The number of hydrogen-bond acceptors (Lipinski definition) is 9. The largest absolute Gasteiger partial charge is 0.466 e. The van der Waals surface area contributed by atoms with E-state index in [1.807, 2.05) is 0 Å². The van der Waals surface area contributed by atoms with Gasteiger partial charge in [0.05, 0.1) is 39.2 Å². The van der Waals surface area contributed by atoms with Crippen LogP contribution in [0.1, 0.15) is 10.5 Å². The monoisotopic (exact) mass is 401 g/mol. The molecule has 152 valence electrons. The first-order chi connectivity index (χ1) is 14.0. The lowest BCUT2D eigenvalue weighted by Crippen LogP contribution is -2.38. The van der Waals surface area contributed by atoms with E-state index in [0.29, 0.717) is 11.4 Å². The molecule has 3 rings (SSSR count). The van der Waals surface area contributed by atoms with E-state index in [1.165, 1.54) is 30.9 Å². The molecule has 0 fully saturated rings. The summed E-state index contributed by atoms with van der Waals surface area (Å²) in [6.45, 7) is -0.00614. The van der Waals surface area contributed by atoms with Crippen molar-refractivity contribution in [2.45, 2.75) is 0 Å². The third-order valence-electron chi connectivity index (χ3n) is 4.24. The first-order valence-electron chi connectivity index (χ1n) is 8.49. The van der Waals surface area contributed by atoms with Gasteiger partial charge in [0.15, 0.2) is 5.69 Å². The summed E-state index contributed by atoms with van der Waals surface area (Å²) in [4.78, 5) is 37.4. The molecule has 1 aliphatic rings. The van der Waals surface area contributed by atoms with E-state index < -0.39 is 17.9 Å². The van der Waals surface area contributed by atoms with Gasteiger partial charge in [-0.15, -0.1) is 0 Å². The first-order valence-corrected chi connectivity index (χ1v) is 8.49. The molecule has 0 bridgehead atoms. The third-order valence-corrected chi connectivity index (χ3v) is 4.24. The van der Waals surface area contributed by atoms with Crippen molar-refractivity contribution in [2.24, 2.45) is 0 Å². The minimum atomic E-state index is -0.674. The van der Waals surface area contributed by atoms with Gasteiger partial charge in [-0.1, -0.05) is 0 Å². The molecule has 2 aromatic rings. The lowest BCUT2D eigenvalue weighted by atomic mass is 10.1. The Labute approximate surface area is 166 Å². The topological polar surface area (TPSA) is 109 Å². The summed E-state index contributed by atoms with van der Waals surface area (Å²) < 4.78 is 21.2. The van der Waals surface area contributed by atoms with Crippen LogP contribution in [-0.2, 0) is 28.5 Å². The van der Waals surface area contributed by atoms with E-state index in [2.05, 4.69) is 9.84 Å². The summed E-state index contributed by atoms with van der Waals surface area (Å²) >= 11 is 0. The Kier molecular flexibility index (Phi) is 5.93. The van der Waals surface area contributed by atoms with Crippen LogP contribution in [-0.4, -0.2) is 62.4 Å². The number of hydrogen-bond donors (Lipinski definition) is 0. The van der Waals surface area contributed by atoms with Crippen molar-refractivity contribution < 1.29 is 33.3 Å². The standard InChI is InChI=1S/C19H19N3O7/c1-26-17(23)14-10-29-11-21(16(14)19(25)28-3)12-4-6-13(7-5-12)22-9-8-15(20-22)18(24)27-2/h4-9H,10-11H2,1-3H3. The molecule has 0 amide bonds. The van der Waals surface area contributed by atoms with Crippen molar-refractivity contribution in [1.82, 2.24) is 9.78 Å². The van der Waals surface area contributed by atoms with E-state index in [1.54, 1.807) is 36.5 Å². The third kappa shape index (κ3) is 3.97. The number of carbonyl (C=O) groups excluding carboxylic acids is 3. The van der Waals surface area contributed by atoms with E-state index in [0.717, 1.165) is 0 Å². The molecule has 1 aliphatic heterocycles. The van der Waals surface area contributed by atoms with Crippen LogP contribution >= 0.6 is 0 Å². The van der Waals surface area contributed by atoms with Crippen molar-refractivity contribution in [3.8, 4) is 5.69 Å². The maximum Gasteiger partial charge on any atom is 0.358 e. The summed E-state index contributed by atoms with van der Waals surface area (Å²) in [6.07, 6.45) is 1.63. The van der Waals surface area contributed by atoms with Gasteiger partial charge in [0, 0.05) is 11.9 Å². The highest BCUT2D eigenvalue weighted by Crippen LogP contribution is 2.27. The van der Waals surface area contributed by atoms with Crippen LogP contribution in [0.3, 0.4) is 0 Å². The van der Waals surface area contributed by atoms with E-state index in [4.69, 9.17) is 14.2 Å². The second-order valence-corrected chi connectivity index (χ2v) is 5.87. The second-order valence-electron chi connectivity index (χ2n) is 5.87. The second kappa shape index (κ2) is 8.57. The number of rotatable bonds is 5. The Morgan fingerprint density at radius 3 is 2.14 bits per heavy atom. The minimum Gasteiger partial charge on any atom is -0.466 e. The molecule has 0 radical (unpaired) electrons. The zero-order valence-electron chi connectivity index (χ0n) is 16.1. The van der Waals surface area contributed by atoms with Crippen LogP contribution in [0.2, 0.25) is 0 Å². The molecule has 0 N–H and O–H groups in total. The molecule has 10 nitrogen and oxygen atoms in total. The predicted octanol–water partition coefficient (Wildman–Crippen LogP) is 1.05. The van der Waals surface area contributed by atoms with Crippen molar-refractivity contribution in [1.29, 1.82) is 0 Å². The van der Waals surface area contributed by atoms with E-state index in [-0.39, 0.29) is 30.3 Å². The van der Waals surface area contributed by atoms with Crippen LogP contribution in [0.4, 0.5) is 5.69 Å². The summed E-state index contributed by atoms with van der Waals surface area (Å²) in [6, 6.07) is 8.47. The highest BCUT2D eigenvalue weighted by molar-refractivity contribution is 6.03. The van der Waals surface area contributed by atoms with Gasteiger partial charge in [-0.2, -0.15) is 5.10 Å². The van der Waals surface area contributed by atoms with E-state index in [9.17, 15) is 14.4 Å². The highest BCUT2D eigenvalue weighted by atomic mass is 16.5. The number of carbonyl (C=O) groups is 3. The van der Waals surface area contributed by atoms with Gasteiger partial charge in [-0.05, 0) is 30.3 Å². The number of methoxy groups -OCH3 is 3. The molecular formula is C19H19N3O7. The summed E-state index contributed by atoms with van der Waals surface area (Å²) in [5.74, 6) is -1.87. The van der Waals surface area contributed by atoms with Crippen molar-refractivity contribution in [3.05, 3.63) is 53.5 Å². The average molecular weight is 401 g/mol. The number of benzene rings is 1. The van der Waals surface area contributed by atoms with Gasteiger partial charge in [-0.25, -0.2) is 19.1 Å². The molecular weight excluding hydrogens is 382 g/mol. The molecule has 1 aromatic heterocycles. The molecule has 0 saturated carbocycles. The Balaban J connectivity index is 1.93. The van der Waals surface area contributed by atoms with Crippen LogP contribution in [0.5, 0.6) is 0 Å². The summed E-state index contributed by atoms with van der Waals surface area (Å²) in [5.41, 5.74) is 1.59. The SMILES string of the molecule is COC(=O)C1=C(C(=O)OC)N(c2ccc(-n3ccc(C(=O)OC)n3)cc2)COC1. The Morgan fingerprint density at radius 2 is 1.52 bits per heavy atom. The van der Waals surface area contributed by atoms with Crippen LogP contribution in [0.15, 0.2) is 47.8 Å². The number of ether oxygens (including phenoxy) is 4. The molecule has 0 aliphatic carbocycles. The number of nitrogens with zero attached hydrogens (tertiary/aromatic N) is 3. The zero-order chi connectivity index (χ0) is 21.0. The smallest absolute Gasteiger partial charge is 0.358 e. The van der Waals surface area contributed by atoms with E-state index >= 15 is 0 Å². The van der Waals surface area contributed by atoms with Gasteiger partial charge in [0.1, 0.15) is 12.4 Å². The molecule has 10 heteroatoms. The first kappa shape index (κ1) is 20.1. The summed E-state index contributed by atoms with van der Waals surface area (Å²) in [7, 11) is 3.74. The predicted molar refractivity (Wildman–Crippen MR) is 99.3 cm³/mol. The number of anilines is 1. The van der Waals surface area contributed by atoms with Crippen molar-refractivity contribution >= 4 is 23.6 Å². The Morgan fingerprint density at radius 1 is 0.897 bits per heavy atom. The fraction of sp³-hybridized carbons (Fsp3) is 0.263. The van der Waals surface area contributed by atoms with Crippen LogP contribution in [0, 0.1) is 0 Å². The maximum absolute atomic E-state index is 12.3. The number of esters is 3. The maximum atomic E-state index is 12.3. The zero-order valence-corrected chi connectivity index (χ0v) is 16.1. The fourth-order valence-electron chi connectivity index (χ4n) is 2.81. The van der Waals surface area contributed by atoms with Gasteiger partial charge >= 0.3 is 17.9 Å². The van der Waals surface area contributed by atoms with Gasteiger partial charge in [0.25, 0.3) is 0 Å². The number of aromatic nitrogens is 2. The molecule has 1 aromatic carbocycles. The van der Waals surface area contributed by atoms with Gasteiger partial charge in [-0.3, -0.25) is 0 Å². The molecule has 0 spiro atoms. The molecule has 0 atom stereocenters. The lowest BCUT2D eigenvalue weighted by Gasteiger charge is -2.31. The fourth-order valence-corrected chi connectivity index (χ4v) is 2.81. The molecule has 29 heavy (non-hydrogen) atoms. The van der Waals surface area contributed by atoms with Gasteiger partial charge < -0.3 is 23.8 Å². The van der Waals surface area contributed by atoms with Gasteiger partial charge in [0.2, 0.25) is 0 Å². The normalized spacial score (nSPS) is 13.8. The molecule has 0 saturated heterocycles. The molecule has 0 unspecified atom stereocenters. The quantitative estimate of drug-likeness (QED) is 0.536. The average Bonchev–Trinajstić information content (AvgIpc) is 3.27. The molecule has 2 heterocycles. The van der Waals surface area contributed by atoms with Crippen molar-refractivity contribution in [3.63, 3.8) is 0 Å². The summed E-state index contributed by atoms with van der Waals surface area (Å²) in [5, 5.41) is 4.16. The Hall–Kier alpha value is -3.66. The van der Waals surface area contributed by atoms with Crippen LogP contribution < -0.4 is 4.90 Å². The van der Waals surface area contributed by atoms with Crippen molar-refractivity contribution in [2.75, 3.05) is 39.6 Å².